The van der Waals surface area contributed by atoms with Gasteiger partial charge in [0.15, 0.2) is 0 Å². The number of nitrogens with zero attached hydrogens (tertiary/aromatic N) is 2. The molecule has 2 amide bonds. The first-order chi connectivity index (χ1) is 16.2. The maximum absolute atomic E-state index is 12.6. The number of carbonyl (C=O) groups is 2. The fourth-order valence-electron chi connectivity index (χ4n) is 4.65. The maximum atomic E-state index is 12.6. The molecule has 0 spiro atoms. The Kier molecular flexibility index (Phi) is 8.78. The number of thioether (sulfide) groups is 1. The highest BCUT2D eigenvalue weighted by Gasteiger charge is 2.26. The lowest BCUT2D eigenvalue weighted by molar-refractivity contribution is -0.127. The molecule has 4 rings (SSSR count). The Morgan fingerprint density at radius 2 is 1.82 bits per heavy atom. The Balaban J connectivity index is 1.18. The zero-order valence-corrected chi connectivity index (χ0v) is 20.0. The molecule has 33 heavy (non-hydrogen) atoms. The van der Waals surface area contributed by atoms with E-state index in [-0.39, 0.29) is 23.8 Å². The Morgan fingerprint density at radius 3 is 2.58 bits per heavy atom. The summed E-state index contributed by atoms with van der Waals surface area (Å²) in [7, 11) is 0. The Labute approximate surface area is 200 Å². The van der Waals surface area contributed by atoms with E-state index in [2.05, 4.69) is 26.6 Å². The third-order valence-corrected chi connectivity index (χ3v) is 7.53. The van der Waals surface area contributed by atoms with Crippen molar-refractivity contribution in [2.24, 2.45) is 5.92 Å². The summed E-state index contributed by atoms with van der Waals surface area (Å²) in [5.41, 5.74) is 1.98. The summed E-state index contributed by atoms with van der Waals surface area (Å²) in [6.07, 6.45) is 9.31. The number of aromatic nitrogens is 1. The number of pyridine rings is 1. The molecule has 1 aromatic heterocycles. The van der Waals surface area contributed by atoms with Crippen molar-refractivity contribution in [2.45, 2.75) is 61.8 Å². The average molecular weight is 467 g/mol. The normalized spacial score (nSPS) is 18.1. The molecule has 176 valence electrons. The van der Waals surface area contributed by atoms with Crippen LogP contribution in [0.4, 0.5) is 5.69 Å². The molecule has 2 fully saturated rings. The molecule has 2 aliphatic rings. The number of hydrogen-bond acceptors (Lipinski definition) is 5. The van der Waals surface area contributed by atoms with Crippen molar-refractivity contribution in [1.82, 2.24) is 15.2 Å². The number of anilines is 1. The molecule has 1 aliphatic carbocycles. The quantitative estimate of drug-likeness (QED) is 0.562. The van der Waals surface area contributed by atoms with Gasteiger partial charge in [0.2, 0.25) is 11.8 Å². The monoisotopic (exact) mass is 466 g/mol. The Hall–Kier alpha value is -2.38. The van der Waals surface area contributed by atoms with Crippen molar-refractivity contribution in [3.8, 4) is 0 Å². The molecule has 1 saturated carbocycles. The first-order valence-electron chi connectivity index (χ1n) is 12.1. The van der Waals surface area contributed by atoms with E-state index < -0.39 is 0 Å². The first kappa shape index (κ1) is 23.8. The SMILES string of the molecule is O=C(CN1CCC(NC(=O)C2CCCCC2)CC1)Nc1cccc(CSc2ccccn2)c1. The van der Waals surface area contributed by atoms with Gasteiger partial charge in [-0.15, -0.1) is 11.8 Å². The van der Waals surface area contributed by atoms with Crippen LogP contribution in [0.15, 0.2) is 53.7 Å². The molecule has 0 atom stereocenters. The van der Waals surface area contributed by atoms with Crippen LogP contribution in [0.1, 0.15) is 50.5 Å². The van der Waals surface area contributed by atoms with Gasteiger partial charge in [-0.25, -0.2) is 4.98 Å². The van der Waals surface area contributed by atoms with E-state index in [1.807, 2.05) is 36.4 Å². The van der Waals surface area contributed by atoms with Gasteiger partial charge in [-0.2, -0.15) is 0 Å². The van der Waals surface area contributed by atoms with Crippen molar-refractivity contribution in [2.75, 3.05) is 25.0 Å². The summed E-state index contributed by atoms with van der Waals surface area (Å²) in [4.78, 5) is 31.6. The summed E-state index contributed by atoms with van der Waals surface area (Å²) >= 11 is 1.68. The van der Waals surface area contributed by atoms with Crippen LogP contribution in [0.5, 0.6) is 0 Å². The van der Waals surface area contributed by atoms with Crippen LogP contribution in [0.3, 0.4) is 0 Å². The first-order valence-corrected chi connectivity index (χ1v) is 13.1. The van der Waals surface area contributed by atoms with E-state index in [1.165, 1.54) is 19.3 Å². The number of hydrogen-bond donors (Lipinski definition) is 2. The van der Waals surface area contributed by atoms with Crippen LogP contribution in [-0.4, -0.2) is 47.4 Å². The molecule has 2 heterocycles. The van der Waals surface area contributed by atoms with Gasteiger partial charge in [-0.3, -0.25) is 14.5 Å². The second-order valence-electron chi connectivity index (χ2n) is 9.10. The van der Waals surface area contributed by atoms with Crippen LogP contribution in [0.2, 0.25) is 0 Å². The highest BCUT2D eigenvalue weighted by atomic mass is 32.2. The van der Waals surface area contributed by atoms with Gasteiger partial charge in [0.25, 0.3) is 0 Å². The molecule has 1 aromatic carbocycles. The molecule has 7 heteroatoms. The van der Waals surface area contributed by atoms with E-state index in [9.17, 15) is 9.59 Å². The Morgan fingerprint density at radius 1 is 1.00 bits per heavy atom. The molecule has 2 aromatic rings. The van der Waals surface area contributed by atoms with Crippen LogP contribution in [-0.2, 0) is 15.3 Å². The topological polar surface area (TPSA) is 74.3 Å². The second-order valence-corrected chi connectivity index (χ2v) is 10.1. The number of rotatable bonds is 8. The number of nitrogens with one attached hydrogen (secondary N) is 2. The summed E-state index contributed by atoms with van der Waals surface area (Å²) in [6, 6.07) is 14.1. The van der Waals surface area contributed by atoms with Crippen LogP contribution >= 0.6 is 11.8 Å². The standard InChI is InChI=1S/C26H34N4O2S/c31-24(28-23-10-6-7-20(17-23)19-33-25-11-4-5-14-27-25)18-30-15-12-22(13-16-30)29-26(32)21-8-2-1-3-9-21/h4-7,10-11,14,17,21-22H,1-3,8-9,12-13,15-16,18-19H2,(H,28,31)(H,29,32). The lowest BCUT2D eigenvalue weighted by atomic mass is 9.88. The molecule has 0 unspecified atom stereocenters. The van der Waals surface area contributed by atoms with E-state index in [1.54, 1.807) is 18.0 Å². The summed E-state index contributed by atoms with van der Waals surface area (Å²) in [5.74, 6) is 1.27. The largest absolute Gasteiger partial charge is 0.353 e. The molecule has 1 saturated heterocycles. The predicted molar refractivity (Wildman–Crippen MR) is 133 cm³/mol. The fraction of sp³-hybridized carbons (Fsp3) is 0.500. The molecule has 6 nitrogen and oxygen atoms in total. The van der Waals surface area contributed by atoms with Crippen molar-refractivity contribution < 1.29 is 9.59 Å². The number of likely N-dealkylation sites (tertiary alicyclic amines) is 1. The average Bonchev–Trinajstić information content (AvgIpc) is 2.85. The molecule has 2 N–H and O–H groups in total. The van der Waals surface area contributed by atoms with E-state index in [0.29, 0.717) is 6.54 Å². The summed E-state index contributed by atoms with van der Waals surface area (Å²) in [5, 5.41) is 7.29. The maximum Gasteiger partial charge on any atom is 0.238 e. The minimum atomic E-state index is 0.00854. The van der Waals surface area contributed by atoms with E-state index in [0.717, 1.165) is 60.8 Å². The van der Waals surface area contributed by atoms with Gasteiger partial charge in [0, 0.05) is 42.7 Å². The highest BCUT2D eigenvalue weighted by molar-refractivity contribution is 7.98. The van der Waals surface area contributed by atoms with Gasteiger partial charge >= 0.3 is 0 Å². The zero-order chi connectivity index (χ0) is 22.9. The van der Waals surface area contributed by atoms with E-state index in [4.69, 9.17) is 0 Å². The smallest absolute Gasteiger partial charge is 0.238 e. The molecular formula is C26H34N4O2S. The van der Waals surface area contributed by atoms with E-state index >= 15 is 0 Å². The molecule has 0 bridgehead atoms. The lowest BCUT2D eigenvalue weighted by Crippen LogP contribution is -2.48. The fourth-order valence-corrected chi connectivity index (χ4v) is 5.46. The number of piperidine rings is 1. The van der Waals surface area contributed by atoms with Crippen molar-refractivity contribution in [1.29, 1.82) is 0 Å². The van der Waals surface area contributed by atoms with Gasteiger partial charge in [-0.1, -0.05) is 37.5 Å². The molecule has 0 radical (unpaired) electrons. The zero-order valence-electron chi connectivity index (χ0n) is 19.2. The number of benzene rings is 1. The highest BCUT2D eigenvalue weighted by Crippen LogP contribution is 2.25. The number of carbonyl (C=O) groups excluding carboxylic acids is 2. The van der Waals surface area contributed by atoms with Crippen molar-refractivity contribution >= 4 is 29.3 Å². The Bertz CT molecular complexity index is 910. The third kappa shape index (κ3) is 7.57. The van der Waals surface area contributed by atoms with Crippen molar-refractivity contribution in [3.05, 3.63) is 54.2 Å². The van der Waals surface area contributed by atoms with Gasteiger partial charge in [-0.05, 0) is 55.5 Å². The van der Waals surface area contributed by atoms with Gasteiger partial charge in [0.1, 0.15) is 0 Å². The van der Waals surface area contributed by atoms with Gasteiger partial charge < -0.3 is 10.6 Å². The molecular weight excluding hydrogens is 432 g/mol. The summed E-state index contributed by atoms with van der Waals surface area (Å²) in [6.45, 7) is 2.06. The summed E-state index contributed by atoms with van der Waals surface area (Å²) < 4.78 is 0. The minimum Gasteiger partial charge on any atom is -0.353 e. The van der Waals surface area contributed by atoms with Crippen molar-refractivity contribution in [3.63, 3.8) is 0 Å². The number of amides is 2. The minimum absolute atomic E-state index is 0.00854. The van der Waals surface area contributed by atoms with Crippen LogP contribution in [0.25, 0.3) is 0 Å². The lowest BCUT2D eigenvalue weighted by Gasteiger charge is -2.33. The predicted octanol–water partition coefficient (Wildman–Crippen LogP) is 4.47. The van der Waals surface area contributed by atoms with Crippen LogP contribution in [0, 0.1) is 5.92 Å². The van der Waals surface area contributed by atoms with Crippen LogP contribution < -0.4 is 10.6 Å². The molecule has 1 aliphatic heterocycles. The van der Waals surface area contributed by atoms with Gasteiger partial charge in [0.05, 0.1) is 11.6 Å². The third-order valence-electron chi connectivity index (χ3n) is 6.51. The second kappa shape index (κ2) is 12.2.